The second kappa shape index (κ2) is 5.85. The van der Waals surface area contributed by atoms with Crippen molar-refractivity contribution in [2.24, 2.45) is 11.7 Å². The maximum Gasteiger partial charge on any atom is 0.218 e. The van der Waals surface area contributed by atoms with Crippen LogP contribution in [0.2, 0.25) is 0 Å². The molecule has 0 saturated heterocycles. The van der Waals surface area contributed by atoms with Gasteiger partial charge in [0.05, 0.1) is 6.10 Å². The first-order valence-electron chi connectivity index (χ1n) is 5.86. The Hall–Kier alpha value is -1.09. The molecule has 0 aliphatic heterocycles. The van der Waals surface area contributed by atoms with Gasteiger partial charge in [-0.2, -0.15) is 0 Å². The van der Waals surface area contributed by atoms with Gasteiger partial charge < -0.3 is 10.5 Å². The highest BCUT2D eigenvalue weighted by Gasteiger charge is 2.10. The van der Waals surface area contributed by atoms with Crippen molar-refractivity contribution in [1.82, 2.24) is 4.98 Å². The molecule has 90 valence electrons. The molecular formula is C13H22N2O. The molecule has 0 fully saturated rings. The van der Waals surface area contributed by atoms with E-state index in [1.54, 1.807) is 0 Å². The average Bonchev–Trinajstić information content (AvgIpc) is 2.16. The summed E-state index contributed by atoms with van der Waals surface area (Å²) in [5.74, 6) is 1.32. The molecule has 3 heteroatoms. The summed E-state index contributed by atoms with van der Waals surface area (Å²) in [6.07, 6.45) is 1.21. The van der Waals surface area contributed by atoms with Gasteiger partial charge in [0.15, 0.2) is 0 Å². The minimum atomic E-state index is 0.180. The third-order valence-electron chi connectivity index (χ3n) is 2.41. The van der Waals surface area contributed by atoms with Gasteiger partial charge in [0.25, 0.3) is 0 Å². The SMILES string of the molecule is Cc1ccc(CN)c(OC(C)CC(C)C)n1. The van der Waals surface area contributed by atoms with Gasteiger partial charge in [0, 0.05) is 17.8 Å². The van der Waals surface area contributed by atoms with Crippen molar-refractivity contribution in [2.75, 3.05) is 0 Å². The van der Waals surface area contributed by atoms with Crippen LogP contribution in [0.25, 0.3) is 0 Å². The van der Waals surface area contributed by atoms with Crippen LogP contribution in [0.3, 0.4) is 0 Å². The van der Waals surface area contributed by atoms with Crippen LogP contribution in [0.4, 0.5) is 0 Å². The van der Waals surface area contributed by atoms with Crippen LogP contribution in [-0.4, -0.2) is 11.1 Å². The fraction of sp³-hybridized carbons (Fsp3) is 0.615. The fourth-order valence-corrected chi connectivity index (χ4v) is 1.72. The van der Waals surface area contributed by atoms with E-state index in [4.69, 9.17) is 10.5 Å². The summed E-state index contributed by atoms with van der Waals surface area (Å²) in [6.45, 7) is 8.88. The number of nitrogens with two attached hydrogens (primary N) is 1. The molecule has 16 heavy (non-hydrogen) atoms. The summed E-state index contributed by atoms with van der Waals surface area (Å²) < 4.78 is 5.84. The summed E-state index contributed by atoms with van der Waals surface area (Å²) in [5, 5.41) is 0. The average molecular weight is 222 g/mol. The van der Waals surface area contributed by atoms with Crippen molar-refractivity contribution in [3.05, 3.63) is 23.4 Å². The first-order chi connectivity index (χ1) is 7.52. The number of hydrogen-bond acceptors (Lipinski definition) is 3. The van der Waals surface area contributed by atoms with Crippen molar-refractivity contribution in [3.63, 3.8) is 0 Å². The van der Waals surface area contributed by atoms with E-state index in [1.165, 1.54) is 0 Å². The third-order valence-corrected chi connectivity index (χ3v) is 2.41. The van der Waals surface area contributed by atoms with Gasteiger partial charge in [-0.15, -0.1) is 0 Å². The van der Waals surface area contributed by atoms with Crippen LogP contribution < -0.4 is 10.5 Å². The van der Waals surface area contributed by atoms with Crippen molar-refractivity contribution in [2.45, 2.75) is 46.8 Å². The second-order valence-electron chi connectivity index (χ2n) is 4.68. The highest BCUT2D eigenvalue weighted by Crippen LogP contribution is 2.19. The molecule has 0 aliphatic carbocycles. The quantitative estimate of drug-likeness (QED) is 0.833. The maximum atomic E-state index is 5.84. The molecule has 0 bridgehead atoms. The number of pyridine rings is 1. The Kier molecular flexibility index (Phi) is 4.74. The van der Waals surface area contributed by atoms with E-state index in [2.05, 4.69) is 25.8 Å². The van der Waals surface area contributed by atoms with E-state index in [0.29, 0.717) is 18.3 Å². The lowest BCUT2D eigenvalue weighted by Gasteiger charge is -2.18. The summed E-state index contributed by atoms with van der Waals surface area (Å²) in [5.41, 5.74) is 7.59. The molecule has 0 aromatic carbocycles. The van der Waals surface area contributed by atoms with Crippen LogP contribution in [0.15, 0.2) is 12.1 Å². The lowest BCUT2D eigenvalue weighted by Crippen LogP contribution is -2.17. The second-order valence-corrected chi connectivity index (χ2v) is 4.68. The first kappa shape index (κ1) is 13.0. The van der Waals surface area contributed by atoms with Crippen LogP contribution in [0.1, 0.15) is 38.4 Å². The largest absolute Gasteiger partial charge is 0.474 e. The zero-order valence-electron chi connectivity index (χ0n) is 10.7. The number of rotatable bonds is 5. The van der Waals surface area contributed by atoms with Gasteiger partial charge in [-0.1, -0.05) is 19.9 Å². The normalized spacial score (nSPS) is 12.9. The Labute approximate surface area is 98.0 Å². The van der Waals surface area contributed by atoms with Crippen LogP contribution in [0.5, 0.6) is 5.88 Å². The predicted octanol–water partition coefficient (Wildman–Crippen LogP) is 2.66. The minimum absolute atomic E-state index is 0.180. The summed E-state index contributed by atoms with van der Waals surface area (Å²) in [4.78, 5) is 4.39. The molecule has 0 saturated carbocycles. The van der Waals surface area contributed by atoms with Gasteiger partial charge >= 0.3 is 0 Å². The Bertz CT molecular complexity index is 337. The zero-order chi connectivity index (χ0) is 12.1. The monoisotopic (exact) mass is 222 g/mol. The minimum Gasteiger partial charge on any atom is -0.474 e. The van der Waals surface area contributed by atoms with Crippen LogP contribution >= 0.6 is 0 Å². The van der Waals surface area contributed by atoms with Gasteiger partial charge in [-0.05, 0) is 32.3 Å². The molecule has 1 heterocycles. The molecule has 0 aliphatic rings. The molecule has 2 N–H and O–H groups in total. The van der Waals surface area contributed by atoms with Crippen LogP contribution in [0, 0.1) is 12.8 Å². The standard InChI is InChI=1S/C13H22N2O/c1-9(2)7-11(4)16-13-12(8-14)6-5-10(3)15-13/h5-6,9,11H,7-8,14H2,1-4H3. The lowest BCUT2D eigenvalue weighted by atomic mass is 10.1. The molecule has 0 amide bonds. The Morgan fingerprint density at radius 3 is 2.56 bits per heavy atom. The van der Waals surface area contributed by atoms with Crippen molar-refractivity contribution in [1.29, 1.82) is 0 Å². The number of aryl methyl sites for hydroxylation is 1. The molecule has 1 aromatic heterocycles. The van der Waals surface area contributed by atoms with E-state index in [9.17, 15) is 0 Å². The van der Waals surface area contributed by atoms with Crippen molar-refractivity contribution < 1.29 is 4.74 Å². The third kappa shape index (κ3) is 3.81. The predicted molar refractivity (Wildman–Crippen MR) is 66.4 cm³/mol. The highest BCUT2D eigenvalue weighted by atomic mass is 16.5. The summed E-state index contributed by atoms with van der Waals surface area (Å²) >= 11 is 0. The summed E-state index contributed by atoms with van der Waals surface area (Å²) in [7, 11) is 0. The molecular weight excluding hydrogens is 200 g/mol. The molecule has 1 aromatic rings. The zero-order valence-corrected chi connectivity index (χ0v) is 10.7. The molecule has 0 radical (unpaired) electrons. The molecule has 3 nitrogen and oxygen atoms in total. The van der Waals surface area contributed by atoms with E-state index in [-0.39, 0.29) is 6.10 Å². The molecule has 1 rings (SSSR count). The van der Waals surface area contributed by atoms with Gasteiger partial charge in [0.1, 0.15) is 0 Å². The highest BCUT2D eigenvalue weighted by molar-refractivity contribution is 5.27. The Balaban J connectivity index is 2.74. The van der Waals surface area contributed by atoms with E-state index in [1.807, 2.05) is 19.1 Å². The van der Waals surface area contributed by atoms with Gasteiger partial charge in [-0.3, -0.25) is 0 Å². The van der Waals surface area contributed by atoms with Crippen molar-refractivity contribution in [3.8, 4) is 5.88 Å². The van der Waals surface area contributed by atoms with Gasteiger partial charge in [-0.25, -0.2) is 4.98 Å². The van der Waals surface area contributed by atoms with Gasteiger partial charge in [0.2, 0.25) is 5.88 Å². The first-order valence-corrected chi connectivity index (χ1v) is 5.86. The van der Waals surface area contributed by atoms with Crippen molar-refractivity contribution >= 4 is 0 Å². The number of aromatic nitrogens is 1. The number of nitrogens with zero attached hydrogens (tertiary/aromatic N) is 1. The molecule has 0 spiro atoms. The molecule has 1 unspecified atom stereocenters. The number of hydrogen-bond donors (Lipinski definition) is 1. The van der Waals surface area contributed by atoms with E-state index >= 15 is 0 Å². The number of ether oxygens (including phenoxy) is 1. The summed E-state index contributed by atoms with van der Waals surface area (Å²) in [6, 6.07) is 3.95. The Morgan fingerprint density at radius 1 is 1.31 bits per heavy atom. The fourth-order valence-electron chi connectivity index (χ4n) is 1.72. The molecule has 1 atom stereocenters. The topological polar surface area (TPSA) is 48.1 Å². The maximum absolute atomic E-state index is 5.84. The Morgan fingerprint density at radius 2 is 2.00 bits per heavy atom. The van der Waals surface area contributed by atoms with E-state index < -0.39 is 0 Å². The van der Waals surface area contributed by atoms with E-state index in [0.717, 1.165) is 17.7 Å². The van der Waals surface area contributed by atoms with Crippen LogP contribution in [-0.2, 0) is 6.54 Å². The smallest absolute Gasteiger partial charge is 0.218 e. The lowest BCUT2D eigenvalue weighted by molar-refractivity contribution is 0.183.